The van der Waals surface area contributed by atoms with E-state index in [0.717, 1.165) is 11.7 Å². The number of rotatable bonds is 0. The van der Waals surface area contributed by atoms with Crippen molar-refractivity contribution in [3.63, 3.8) is 0 Å². The smallest absolute Gasteiger partial charge is 0.138 e. The van der Waals surface area contributed by atoms with Crippen LogP contribution in [0.2, 0.25) is 0 Å². The molecule has 0 N–H and O–H groups in total. The van der Waals surface area contributed by atoms with Gasteiger partial charge in [0.1, 0.15) is 5.25 Å². The van der Waals surface area contributed by atoms with Crippen molar-refractivity contribution in [1.82, 2.24) is 0 Å². The number of nitriles is 1. The van der Waals surface area contributed by atoms with Gasteiger partial charge in [0.2, 0.25) is 0 Å². The maximum absolute atomic E-state index is 8.22. The standard InChI is InChI=1S/C5H4NS/c6-4-5-2-1-3-7-5/h1,3H,2H2. The summed E-state index contributed by atoms with van der Waals surface area (Å²) in [5, 5.41) is 11.1. The van der Waals surface area contributed by atoms with Crippen LogP contribution < -0.4 is 0 Å². The minimum atomic E-state index is 0.848. The van der Waals surface area contributed by atoms with E-state index in [1.807, 2.05) is 11.5 Å². The number of nitrogens with zero attached hydrogens (tertiary/aromatic N) is 1. The molecule has 1 rings (SSSR count). The lowest BCUT2D eigenvalue weighted by Crippen LogP contribution is -1.74. The van der Waals surface area contributed by atoms with Crippen LogP contribution in [0.5, 0.6) is 0 Å². The number of thioether (sulfide) groups is 1. The van der Waals surface area contributed by atoms with Gasteiger partial charge in [-0.2, -0.15) is 5.26 Å². The maximum Gasteiger partial charge on any atom is 0.138 e. The zero-order valence-corrected chi connectivity index (χ0v) is 4.53. The van der Waals surface area contributed by atoms with Gasteiger partial charge in [0.05, 0.1) is 6.07 Å². The summed E-state index contributed by atoms with van der Waals surface area (Å²) in [7, 11) is 0. The van der Waals surface area contributed by atoms with Crippen LogP contribution in [0.1, 0.15) is 6.42 Å². The van der Waals surface area contributed by atoms with Gasteiger partial charge in [0.25, 0.3) is 0 Å². The molecule has 0 saturated carbocycles. The fourth-order valence-electron chi connectivity index (χ4n) is 0.406. The average Bonchev–Trinajstić information content (AvgIpc) is 2.14. The Balaban J connectivity index is 2.39. The SMILES string of the molecule is N#C[C]1CC=CS1. The molecule has 0 aromatic heterocycles. The highest BCUT2D eigenvalue weighted by Crippen LogP contribution is 2.29. The van der Waals surface area contributed by atoms with Crippen LogP contribution in [-0.4, -0.2) is 0 Å². The van der Waals surface area contributed by atoms with Gasteiger partial charge < -0.3 is 0 Å². The molecule has 1 nitrogen and oxygen atoms in total. The molecule has 0 spiro atoms. The Morgan fingerprint density at radius 3 is 3.00 bits per heavy atom. The molecule has 0 fully saturated rings. The fourth-order valence-corrected chi connectivity index (χ4v) is 1.01. The summed E-state index contributed by atoms with van der Waals surface area (Å²) < 4.78 is 0. The maximum atomic E-state index is 8.22. The van der Waals surface area contributed by atoms with Gasteiger partial charge >= 0.3 is 0 Å². The molecule has 0 bridgehead atoms. The largest absolute Gasteiger partial charge is 0.197 e. The molecule has 7 heavy (non-hydrogen) atoms. The molecule has 0 aliphatic carbocycles. The second-order valence-corrected chi connectivity index (χ2v) is 2.23. The quantitative estimate of drug-likeness (QED) is 0.473. The third kappa shape index (κ3) is 0.971. The van der Waals surface area contributed by atoms with Gasteiger partial charge in [-0.05, 0) is 11.8 Å². The fraction of sp³-hybridized carbons (Fsp3) is 0.200. The molecule has 2 heteroatoms. The van der Waals surface area contributed by atoms with Gasteiger partial charge in [-0.15, -0.1) is 11.8 Å². The molecular formula is C5H4NS. The van der Waals surface area contributed by atoms with E-state index < -0.39 is 0 Å². The predicted octanol–water partition coefficient (Wildman–Crippen LogP) is 1.69. The topological polar surface area (TPSA) is 23.8 Å². The van der Waals surface area contributed by atoms with E-state index in [0.29, 0.717) is 0 Å². The highest BCUT2D eigenvalue weighted by Gasteiger charge is 2.08. The highest BCUT2D eigenvalue weighted by atomic mass is 32.2. The molecule has 0 amide bonds. The van der Waals surface area contributed by atoms with Gasteiger partial charge in [-0.1, -0.05) is 6.08 Å². The summed E-state index contributed by atoms with van der Waals surface area (Å²) in [6, 6.07) is 2.08. The Bertz CT molecular complexity index is 115. The van der Waals surface area contributed by atoms with Crippen molar-refractivity contribution >= 4 is 11.8 Å². The van der Waals surface area contributed by atoms with Crippen molar-refractivity contribution in [2.45, 2.75) is 6.42 Å². The Labute approximate surface area is 47.0 Å². The lowest BCUT2D eigenvalue weighted by Gasteiger charge is -1.86. The first kappa shape index (κ1) is 4.73. The molecular weight excluding hydrogens is 106 g/mol. The summed E-state index contributed by atoms with van der Waals surface area (Å²) in [6.07, 6.45) is 2.84. The highest BCUT2D eigenvalue weighted by molar-refractivity contribution is 8.05. The first-order chi connectivity index (χ1) is 3.43. The normalized spacial score (nSPS) is 19.9. The Morgan fingerprint density at radius 2 is 2.71 bits per heavy atom. The van der Waals surface area contributed by atoms with Crippen LogP contribution in [0.15, 0.2) is 11.5 Å². The minimum absolute atomic E-state index is 0.848. The molecule has 35 valence electrons. The zero-order chi connectivity index (χ0) is 5.11. The van der Waals surface area contributed by atoms with Crippen LogP contribution in [0.25, 0.3) is 0 Å². The Morgan fingerprint density at radius 1 is 1.86 bits per heavy atom. The molecule has 1 aliphatic heterocycles. The number of hydrogen-bond acceptors (Lipinski definition) is 2. The summed E-state index contributed by atoms with van der Waals surface area (Å²) in [5.74, 6) is 0. The third-order valence-corrected chi connectivity index (χ3v) is 1.61. The van der Waals surface area contributed by atoms with Gasteiger partial charge in [0.15, 0.2) is 0 Å². The number of allylic oxidation sites excluding steroid dienone is 1. The first-order valence-electron chi connectivity index (χ1n) is 2.01. The molecule has 0 unspecified atom stereocenters. The summed E-state index contributed by atoms with van der Waals surface area (Å²) in [6.45, 7) is 0. The minimum Gasteiger partial charge on any atom is -0.197 e. The second kappa shape index (κ2) is 2.04. The van der Waals surface area contributed by atoms with Crippen LogP contribution in [-0.2, 0) is 0 Å². The lowest BCUT2D eigenvalue weighted by atomic mass is 10.3. The van der Waals surface area contributed by atoms with Crippen LogP contribution >= 0.6 is 11.8 Å². The van der Waals surface area contributed by atoms with Crippen molar-refractivity contribution < 1.29 is 0 Å². The Hall–Kier alpha value is -0.420. The van der Waals surface area contributed by atoms with Crippen LogP contribution in [0.4, 0.5) is 0 Å². The van der Waals surface area contributed by atoms with Gasteiger partial charge in [-0.3, -0.25) is 0 Å². The van der Waals surface area contributed by atoms with E-state index in [1.165, 1.54) is 11.8 Å². The van der Waals surface area contributed by atoms with E-state index >= 15 is 0 Å². The summed E-state index contributed by atoms with van der Waals surface area (Å²) >= 11 is 1.52. The lowest BCUT2D eigenvalue weighted by molar-refractivity contribution is 1.27. The van der Waals surface area contributed by atoms with Crippen molar-refractivity contribution in [3.8, 4) is 6.07 Å². The average molecular weight is 110 g/mol. The van der Waals surface area contributed by atoms with Crippen LogP contribution in [0, 0.1) is 16.6 Å². The molecule has 1 aliphatic rings. The first-order valence-corrected chi connectivity index (χ1v) is 2.89. The van der Waals surface area contributed by atoms with Crippen molar-refractivity contribution in [2.24, 2.45) is 0 Å². The molecule has 1 heterocycles. The molecule has 1 radical (unpaired) electrons. The van der Waals surface area contributed by atoms with E-state index in [2.05, 4.69) is 6.07 Å². The van der Waals surface area contributed by atoms with E-state index in [1.54, 1.807) is 0 Å². The molecule has 0 aromatic carbocycles. The van der Waals surface area contributed by atoms with E-state index in [-0.39, 0.29) is 0 Å². The zero-order valence-electron chi connectivity index (χ0n) is 3.72. The third-order valence-electron chi connectivity index (χ3n) is 0.734. The summed E-state index contributed by atoms with van der Waals surface area (Å²) in [5.41, 5.74) is 0. The number of hydrogen-bond donors (Lipinski definition) is 0. The molecule has 0 aromatic rings. The van der Waals surface area contributed by atoms with Crippen LogP contribution in [0.3, 0.4) is 0 Å². The van der Waals surface area contributed by atoms with Gasteiger partial charge in [-0.25, -0.2) is 0 Å². The second-order valence-electron chi connectivity index (χ2n) is 1.23. The van der Waals surface area contributed by atoms with E-state index in [4.69, 9.17) is 5.26 Å². The van der Waals surface area contributed by atoms with Crippen molar-refractivity contribution in [1.29, 1.82) is 5.26 Å². The predicted molar refractivity (Wildman–Crippen MR) is 30.2 cm³/mol. The molecule has 0 atom stereocenters. The molecule has 0 saturated heterocycles. The summed E-state index contributed by atoms with van der Waals surface area (Å²) in [4.78, 5) is 0. The monoisotopic (exact) mass is 110 g/mol. The Kier molecular flexibility index (Phi) is 1.38. The van der Waals surface area contributed by atoms with Crippen molar-refractivity contribution in [2.75, 3.05) is 0 Å². The van der Waals surface area contributed by atoms with E-state index in [9.17, 15) is 0 Å². The van der Waals surface area contributed by atoms with Crippen molar-refractivity contribution in [3.05, 3.63) is 16.7 Å². The van der Waals surface area contributed by atoms with Gasteiger partial charge in [0, 0.05) is 0 Å².